The van der Waals surface area contributed by atoms with Crippen molar-refractivity contribution in [1.82, 2.24) is 0 Å². The summed E-state index contributed by atoms with van der Waals surface area (Å²) in [7, 11) is 0. The zero-order valence-electron chi connectivity index (χ0n) is 8.43. The van der Waals surface area contributed by atoms with Crippen molar-refractivity contribution in [1.29, 1.82) is 0 Å². The Morgan fingerprint density at radius 1 is 1.33 bits per heavy atom. The maximum absolute atomic E-state index is 11.3. The summed E-state index contributed by atoms with van der Waals surface area (Å²) in [6.45, 7) is 4.33. The van der Waals surface area contributed by atoms with E-state index in [0.717, 1.165) is 31.4 Å². The van der Waals surface area contributed by atoms with E-state index in [1.54, 1.807) is 11.8 Å². The third-order valence-electron chi connectivity index (χ3n) is 2.26. The molecule has 0 amide bonds. The first-order valence-corrected chi connectivity index (χ1v) is 6.14. The van der Waals surface area contributed by atoms with E-state index in [0.29, 0.717) is 11.7 Å². The van der Waals surface area contributed by atoms with E-state index in [9.17, 15) is 4.79 Å². The Kier molecular flexibility index (Phi) is 7.67. The normalized spacial score (nSPS) is 10.7. The highest BCUT2D eigenvalue weighted by molar-refractivity contribution is 7.98. The van der Waals surface area contributed by atoms with Crippen LogP contribution in [0.4, 0.5) is 0 Å². The fraction of sp³-hybridized carbons (Fsp3) is 0.900. The van der Waals surface area contributed by atoms with Crippen molar-refractivity contribution in [2.24, 2.45) is 5.92 Å². The minimum Gasteiger partial charge on any atom is -0.300 e. The minimum atomic E-state index is 0.443. The van der Waals surface area contributed by atoms with Gasteiger partial charge in [-0.05, 0) is 17.9 Å². The van der Waals surface area contributed by atoms with Gasteiger partial charge in [0.15, 0.2) is 0 Å². The highest BCUT2D eigenvalue weighted by Crippen LogP contribution is 2.14. The predicted molar refractivity (Wildman–Crippen MR) is 56.7 cm³/mol. The van der Waals surface area contributed by atoms with Crippen LogP contribution < -0.4 is 0 Å². The molecule has 2 heteroatoms. The maximum Gasteiger partial charge on any atom is 0.134 e. The van der Waals surface area contributed by atoms with E-state index in [2.05, 4.69) is 13.8 Å². The molecule has 12 heavy (non-hydrogen) atoms. The van der Waals surface area contributed by atoms with Crippen LogP contribution in [0.25, 0.3) is 0 Å². The second-order valence-electron chi connectivity index (χ2n) is 3.17. The molecule has 1 nitrogen and oxygen atoms in total. The van der Waals surface area contributed by atoms with Crippen LogP contribution >= 0.6 is 11.8 Å². The number of carbonyl (C=O) groups is 1. The summed E-state index contributed by atoms with van der Waals surface area (Å²) in [5, 5.41) is 0. The van der Waals surface area contributed by atoms with Crippen molar-refractivity contribution in [3.05, 3.63) is 0 Å². The van der Waals surface area contributed by atoms with Crippen LogP contribution in [-0.2, 0) is 4.79 Å². The molecule has 0 unspecified atom stereocenters. The first-order valence-electron chi connectivity index (χ1n) is 4.75. The van der Waals surface area contributed by atoms with Crippen LogP contribution in [0.2, 0.25) is 0 Å². The molecule has 0 aliphatic heterocycles. The number of rotatable bonds is 7. The van der Waals surface area contributed by atoms with E-state index < -0.39 is 0 Å². The van der Waals surface area contributed by atoms with Crippen molar-refractivity contribution >= 4 is 17.5 Å². The van der Waals surface area contributed by atoms with Gasteiger partial charge < -0.3 is 0 Å². The lowest BCUT2D eigenvalue weighted by atomic mass is 9.96. The number of ketones is 1. The van der Waals surface area contributed by atoms with E-state index >= 15 is 0 Å². The third kappa shape index (κ3) is 5.64. The molecule has 0 aliphatic rings. The van der Waals surface area contributed by atoms with E-state index in [1.165, 1.54) is 0 Å². The Labute approximate surface area is 80.3 Å². The lowest BCUT2D eigenvalue weighted by Gasteiger charge is -2.09. The Hall–Kier alpha value is 0.0200. The zero-order chi connectivity index (χ0) is 9.40. The average molecular weight is 188 g/mol. The van der Waals surface area contributed by atoms with Gasteiger partial charge in [0, 0.05) is 12.8 Å². The fourth-order valence-corrected chi connectivity index (χ4v) is 1.65. The maximum atomic E-state index is 11.3. The van der Waals surface area contributed by atoms with Gasteiger partial charge in [0.05, 0.1) is 0 Å². The van der Waals surface area contributed by atoms with Crippen LogP contribution in [0, 0.1) is 5.92 Å². The molecule has 0 aromatic carbocycles. The van der Waals surface area contributed by atoms with E-state index in [4.69, 9.17) is 0 Å². The van der Waals surface area contributed by atoms with Crippen LogP contribution in [-0.4, -0.2) is 17.8 Å². The molecule has 0 bridgehead atoms. The average Bonchev–Trinajstić information content (AvgIpc) is 2.10. The minimum absolute atomic E-state index is 0.443. The van der Waals surface area contributed by atoms with E-state index in [-0.39, 0.29) is 0 Å². The summed E-state index contributed by atoms with van der Waals surface area (Å²) in [6.07, 6.45) is 5.89. The highest BCUT2D eigenvalue weighted by Gasteiger charge is 2.09. The largest absolute Gasteiger partial charge is 0.300 e. The number of hydrogen-bond donors (Lipinski definition) is 0. The summed E-state index contributed by atoms with van der Waals surface area (Å²) in [5.41, 5.74) is 0. The summed E-state index contributed by atoms with van der Waals surface area (Å²) >= 11 is 1.75. The molecule has 0 saturated heterocycles. The SMILES string of the molecule is CCC(CC)CC(=O)CCSC. The van der Waals surface area contributed by atoms with Gasteiger partial charge in [0.1, 0.15) is 5.78 Å². The summed E-state index contributed by atoms with van der Waals surface area (Å²) in [5.74, 6) is 2.05. The molecule has 0 aromatic rings. The fourth-order valence-electron chi connectivity index (χ4n) is 1.22. The Bertz CT molecular complexity index is 119. The van der Waals surface area contributed by atoms with Crippen LogP contribution in [0.15, 0.2) is 0 Å². The van der Waals surface area contributed by atoms with Crippen molar-refractivity contribution in [3.63, 3.8) is 0 Å². The second-order valence-corrected chi connectivity index (χ2v) is 4.15. The molecule has 0 spiro atoms. The third-order valence-corrected chi connectivity index (χ3v) is 2.87. The molecule has 0 radical (unpaired) electrons. The van der Waals surface area contributed by atoms with Crippen LogP contribution in [0.5, 0.6) is 0 Å². The first kappa shape index (κ1) is 12.0. The van der Waals surface area contributed by atoms with Crippen LogP contribution in [0.3, 0.4) is 0 Å². The predicted octanol–water partition coefficient (Wildman–Crippen LogP) is 3.13. The van der Waals surface area contributed by atoms with Gasteiger partial charge in [-0.2, -0.15) is 11.8 Å². The number of carbonyl (C=O) groups excluding carboxylic acids is 1. The molecule has 0 atom stereocenters. The van der Waals surface area contributed by atoms with Gasteiger partial charge >= 0.3 is 0 Å². The van der Waals surface area contributed by atoms with Gasteiger partial charge in [-0.1, -0.05) is 26.7 Å². The molecule has 0 saturated carbocycles. The van der Waals surface area contributed by atoms with Gasteiger partial charge in [-0.3, -0.25) is 4.79 Å². The number of Topliss-reactive ketones (excluding diaryl/α,β-unsaturated/α-hetero) is 1. The van der Waals surface area contributed by atoms with Crippen molar-refractivity contribution in [2.45, 2.75) is 39.5 Å². The van der Waals surface area contributed by atoms with E-state index in [1.807, 2.05) is 6.26 Å². The smallest absolute Gasteiger partial charge is 0.134 e. The first-order chi connectivity index (χ1) is 5.74. The molecule has 0 fully saturated rings. The summed E-state index contributed by atoms with van der Waals surface area (Å²) < 4.78 is 0. The highest BCUT2D eigenvalue weighted by atomic mass is 32.2. The lowest BCUT2D eigenvalue weighted by Crippen LogP contribution is -2.07. The molecular formula is C10H20OS. The van der Waals surface area contributed by atoms with Gasteiger partial charge in [-0.15, -0.1) is 0 Å². The molecule has 0 N–H and O–H groups in total. The molecule has 72 valence electrons. The van der Waals surface area contributed by atoms with Crippen molar-refractivity contribution in [3.8, 4) is 0 Å². The second kappa shape index (κ2) is 7.66. The quantitative estimate of drug-likeness (QED) is 0.610. The molecule has 0 heterocycles. The topological polar surface area (TPSA) is 17.1 Å². The number of hydrogen-bond acceptors (Lipinski definition) is 2. The Morgan fingerprint density at radius 3 is 2.33 bits per heavy atom. The Balaban J connectivity index is 3.52. The summed E-state index contributed by atoms with van der Waals surface area (Å²) in [6, 6.07) is 0. The lowest BCUT2D eigenvalue weighted by molar-refractivity contribution is -0.119. The molecule has 0 aromatic heterocycles. The van der Waals surface area contributed by atoms with Gasteiger partial charge in [0.2, 0.25) is 0 Å². The van der Waals surface area contributed by atoms with Gasteiger partial charge in [0.25, 0.3) is 0 Å². The molecule has 0 aliphatic carbocycles. The monoisotopic (exact) mass is 188 g/mol. The van der Waals surface area contributed by atoms with Crippen molar-refractivity contribution < 1.29 is 4.79 Å². The van der Waals surface area contributed by atoms with Crippen LogP contribution in [0.1, 0.15) is 39.5 Å². The number of thioether (sulfide) groups is 1. The van der Waals surface area contributed by atoms with Crippen molar-refractivity contribution in [2.75, 3.05) is 12.0 Å². The molecule has 0 rings (SSSR count). The van der Waals surface area contributed by atoms with Gasteiger partial charge in [-0.25, -0.2) is 0 Å². The Morgan fingerprint density at radius 2 is 1.92 bits per heavy atom. The molecular weight excluding hydrogens is 168 g/mol. The zero-order valence-corrected chi connectivity index (χ0v) is 9.25. The summed E-state index contributed by atoms with van der Waals surface area (Å²) in [4.78, 5) is 11.3. The standard InChI is InChI=1S/C10H20OS/c1-4-9(5-2)8-10(11)6-7-12-3/h9H,4-8H2,1-3H3.